The number of urea groups is 1. The highest BCUT2D eigenvalue weighted by Gasteiger charge is 2.06. The number of amides is 3. The van der Waals surface area contributed by atoms with Crippen LogP contribution in [0.2, 0.25) is 0 Å². The van der Waals surface area contributed by atoms with Crippen LogP contribution in [0.1, 0.15) is 25.8 Å². The Hall–Kier alpha value is -2.73. The molecule has 140 valence electrons. The Morgan fingerprint density at radius 3 is 2.12 bits per heavy atom. The van der Waals surface area contributed by atoms with Gasteiger partial charge in [-0.1, -0.05) is 18.2 Å². The summed E-state index contributed by atoms with van der Waals surface area (Å²) in [6, 6.07) is 14.3. The zero-order valence-corrected chi connectivity index (χ0v) is 15.7. The number of hydrogen-bond acceptors (Lipinski definition) is 3. The first-order valence-corrected chi connectivity index (χ1v) is 8.25. The summed E-state index contributed by atoms with van der Waals surface area (Å²) in [5, 5.41) is 8.31. The van der Waals surface area contributed by atoms with E-state index < -0.39 is 0 Å². The molecule has 3 amide bonds. The molecule has 0 heterocycles. The third-order valence-corrected chi connectivity index (χ3v) is 3.52. The molecule has 0 unspecified atom stereocenters. The molecule has 0 aliphatic carbocycles. The maximum absolute atomic E-state index is 12.0. The van der Waals surface area contributed by atoms with Crippen LogP contribution in [0.3, 0.4) is 0 Å². The van der Waals surface area contributed by atoms with Crippen LogP contribution in [0.25, 0.3) is 0 Å². The molecule has 0 bridgehead atoms. The van der Waals surface area contributed by atoms with Crippen molar-refractivity contribution in [2.24, 2.45) is 0 Å². The van der Waals surface area contributed by atoms with Gasteiger partial charge < -0.3 is 21.7 Å². The standard InChI is InChI=1S/C19H24N4O2.ClH/c1-13(2)21-19(25)23-16-10-8-15(9-11-16)22-18(24)12-7-14-5-3-4-6-17(14)20;/h3-6,8-11,13H,7,12,20H2,1-2H3,(H,22,24)(H2,21,23,25);1H. The van der Waals surface area contributed by atoms with Gasteiger partial charge in [0.1, 0.15) is 0 Å². The van der Waals surface area contributed by atoms with E-state index in [1.807, 2.05) is 38.1 Å². The van der Waals surface area contributed by atoms with Crippen molar-refractivity contribution in [1.29, 1.82) is 0 Å². The van der Waals surface area contributed by atoms with Gasteiger partial charge in [-0.2, -0.15) is 0 Å². The van der Waals surface area contributed by atoms with E-state index in [2.05, 4.69) is 16.0 Å². The maximum Gasteiger partial charge on any atom is 0.319 e. The SMILES string of the molecule is CC(C)NC(=O)Nc1ccc(NC(=O)CCc2ccccc2N)cc1.Cl. The molecule has 0 atom stereocenters. The minimum absolute atomic E-state index is 0. The van der Waals surface area contributed by atoms with Gasteiger partial charge in [0.15, 0.2) is 0 Å². The first kappa shape index (κ1) is 21.3. The number of rotatable bonds is 6. The van der Waals surface area contributed by atoms with Crippen molar-refractivity contribution in [3.8, 4) is 0 Å². The van der Waals surface area contributed by atoms with Crippen LogP contribution in [-0.2, 0) is 11.2 Å². The second-order valence-electron chi connectivity index (χ2n) is 6.08. The monoisotopic (exact) mass is 376 g/mol. The van der Waals surface area contributed by atoms with Crippen molar-refractivity contribution in [3.05, 3.63) is 54.1 Å². The minimum Gasteiger partial charge on any atom is -0.399 e. The molecule has 0 radical (unpaired) electrons. The van der Waals surface area contributed by atoms with Gasteiger partial charge in [-0.25, -0.2) is 4.79 Å². The average Bonchev–Trinajstić information content (AvgIpc) is 2.55. The fourth-order valence-electron chi connectivity index (χ4n) is 2.30. The summed E-state index contributed by atoms with van der Waals surface area (Å²) < 4.78 is 0. The summed E-state index contributed by atoms with van der Waals surface area (Å²) >= 11 is 0. The molecule has 5 N–H and O–H groups in total. The second-order valence-corrected chi connectivity index (χ2v) is 6.08. The van der Waals surface area contributed by atoms with Crippen molar-refractivity contribution in [1.82, 2.24) is 5.32 Å². The number of para-hydroxylation sites is 1. The lowest BCUT2D eigenvalue weighted by Gasteiger charge is -2.11. The summed E-state index contributed by atoms with van der Waals surface area (Å²) in [6.45, 7) is 3.78. The molecule has 2 aromatic carbocycles. The molecule has 0 fully saturated rings. The Labute approximate surface area is 160 Å². The molecule has 2 aromatic rings. The van der Waals surface area contributed by atoms with Gasteiger partial charge in [-0.3, -0.25) is 4.79 Å². The van der Waals surface area contributed by atoms with E-state index >= 15 is 0 Å². The van der Waals surface area contributed by atoms with Gasteiger partial charge in [-0.05, 0) is 56.2 Å². The molecule has 0 aromatic heterocycles. The molecule has 0 aliphatic rings. The highest BCUT2D eigenvalue weighted by atomic mass is 35.5. The topological polar surface area (TPSA) is 96.2 Å². The Kier molecular flexibility index (Phi) is 8.45. The molecule has 0 aliphatic heterocycles. The lowest BCUT2D eigenvalue weighted by molar-refractivity contribution is -0.116. The lowest BCUT2D eigenvalue weighted by atomic mass is 10.1. The number of carbonyl (C=O) groups excluding carboxylic acids is 2. The highest BCUT2D eigenvalue weighted by Crippen LogP contribution is 2.16. The Morgan fingerprint density at radius 2 is 1.54 bits per heavy atom. The lowest BCUT2D eigenvalue weighted by Crippen LogP contribution is -2.34. The van der Waals surface area contributed by atoms with Gasteiger partial charge in [0.05, 0.1) is 0 Å². The van der Waals surface area contributed by atoms with Crippen molar-refractivity contribution in [2.75, 3.05) is 16.4 Å². The van der Waals surface area contributed by atoms with Crippen LogP contribution >= 0.6 is 12.4 Å². The van der Waals surface area contributed by atoms with Crippen molar-refractivity contribution in [3.63, 3.8) is 0 Å². The number of halogens is 1. The predicted molar refractivity (Wildman–Crippen MR) is 109 cm³/mol. The normalized spacial score (nSPS) is 9.96. The minimum atomic E-state index is -0.257. The van der Waals surface area contributed by atoms with Gasteiger partial charge in [0.25, 0.3) is 0 Å². The second kappa shape index (κ2) is 10.3. The quantitative estimate of drug-likeness (QED) is 0.577. The van der Waals surface area contributed by atoms with E-state index in [1.54, 1.807) is 24.3 Å². The summed E-state index contributed by atoms with van der Waals surface area (Å²) in [4.78, 5) is 23.7. The number of hydrogen-bond donors (Lipinski definition) is 4. The summed E-state index contributed by atoms with van der Waals surface area (Å²) in [7, 11) is 0. The van der Waals surface area contributed by atoms with E-state index in [1.165, 1.54) is 0 Å². The van der Waals surface area contributed by atoms with Crippen LogP contribution in [0.15, 0.2) is 48.5 Å². The molecular formula is C19H25ClN4O2. The summed E-state index contributed by atoms with van der Waals surface area (Å²) in [6.07, 6.45) is 0.943. The maximum atomic E-state index is 12.0. The zero-order valence-electron chi connectivity index (χ0n) is 14.9. The number of nitrogens with one attached hydrogen (secondary N) is 3. The van der Waals surface area contributed by atoms with Gasteiger partial charge in [0.2, 0.25) is 5.91 Å². The van der Waals surface area contributed by atoms with Gasteiger partial charge >= 0.3 is 6.03 Å². The third kappa shape index (κ3) is 7.03. The van der Waals surface area contributed by atoms with Crippen LogP contribution in [0, 0.1) is 0 Å². The summed E-state index contributed by atoms with van der Waals surface area (Å²) in [5.41, 5.74) is 8.88. The van der Waals surface area contributed by atoms with Crippen molar-refractivity contribution in [2.45, 2.75) is 32.7 Å². The Balaban J connectivity index is 0.00000338. The van der Waals surface area contributed by atoms with Crippen LogP contribution < -0.4 is 21.7 Å². The number of aryl methyl sites for hydroxylation is 1. The molecule has 7 heteroatoms. The summed E-state index contributed by atoms with van der Waals surface area (Å²) in [5.74, 6) is -0.0819. The largest absolute Gasteiger partial charge is 0.399 e. The van der Waals surface area contributed by atoms with E-state index in [0.717, 1.165) is 5.56 Å². The molecule has 0 saturated heterocycles. The number of nitrogen functional groups attached to an aromatic ring is 1. The van der Waals surface area contributed by atoms with Gasteiger partial charge in [0, 0.05) is 29.5 Å². The van der Waals surface area contributed by atoms with E-state index in [0.29, 0.717) is 29.9 Å². The Morgan fingerprint density at radius 1 is 0.962 bits per heavy atom. The smallest absolute Gasteiger partial charge is 0.319 e. The van der Waals surface area contributed by atoms with Gasteiger partial charge in [-0.15, -0.1) is 12.4 Å². The molecular weight excluding hydrogens is 352 g/mol. The predicted octanol–water partition coefficient (Wildman–Crippen LogP) is 3.79. The third-order valence-electron chi connectivity index (χ3n) is 3.52. The average molecular weight is 377 g/mol. The Bertz CT molecular complexity index is 733. The van der Waals surface area contributed by atoms with Crippen molar-refractivity contribution >= 4 is 41.4 Å². The molecule has 6 nitrogen and oxygen atoms in total. The number of carbonyl (C=O) groups is 2. The van der Waals surface area contributed by atoms with Crippen LogP contribution in [0.4, 0.5) is 21.9 Å². The van der Waals surface area contributed by atoms with Crippen LogP contribution in [-0.4, -0.2) is 18.0 Å². The fourth-order valence-corrected chi connectivity index (χ4v) is 2.30. The highest BCUT2D eigenvalue weighted by molar-refractivity contribution is 5.92. The van der Waals surface area contributed by atoms with Crippen LogP contribution in [0.5, 0.6) is 0 Å². The molecule has 26 heavy (non-hydrogen) atoms. The molecule has 0 saturated carbocycles. The van der Waals surface area contributed by atoms with E-state index in [4.69, 9.17) is 5.73 Å². The first-order chi connectivity index (χ1) is 11.9. The number of anilines is 3. The van der Waals surface area contributed by atoms with E-state index in [9.17, 15) is 9.59 Å². The first-order valence-electron chi connectivity index (χ1n) is 8.25. The molecule has 2 rings (SSSR count). The van der Waals surface area contributed by atoms with Crippen molar-refractivity contribution < 1.29 is 9.59 Å². The number of nitrogens with two attached hydrogens (primary N) is 1. The zero-order chi connectivity index (χ0) is 18.2. The molecule has 0 spiro atoms. The van der Waals surface area contributed by atoms with E-state index in [-0.39, 0.29) is 30.4 Å². The fraction of sp³-hybridized carbons (Fsp3) is 0.263. The number of benzene rings is 2.